The van der Waals surface area contributed by atoms with Crippen LogP contribution in [-0.2, 0) is 6.54 Å². The average molecular weight is 281 g/mol. The van der Waals surface area contributed by atoms with E-state index in [1.165, 1.54) is 18.5 Å². The van der Waals surface area contributed by atoms with Crippen LogP contribution in [0.2, 0.25) is 0 Å². The highest BCUT2D eigenvalue weighted by Gasteiger charge is 2.37. The average Bonchev–Trinajstić information content (AvgIpc) is 3.24. The Labute approximate surface area is 124 Å². The first-order chi connectivity index (χ1) is 10.3. The highest BCUT2D eigenvalue weighted by Crippen LogP contribution is 2.30. The van der Waals surface area contributed by atoms with Gasteiger partial charge in [-0.1, -0.05) is 6.07 Å². The van der Waals surface area contributed by atoms with E-state index in [0.717, 1.165) is 31.8 Å². The van der Waals surface area contributed by atoms with Crippen LogP contribution in [0.15, 0.2) is 30.6 Å². The van der Waals surface area contributed by atoms with Gasteiger partial charge in [0, 0.05) is 50.3 Å². The molecule has 2 aromatic rings. The number of nitrogens with zero attached hydrogens (tertiary/aromatic N) is 5. The van der Waals surface area contributed by atoms with E-state index in [9.17, 15) is 5.26 Å². The molecule has 1 atom stereocenters. The van der Waals surface area contributed by atoms with E-state index in [4.69, 9.17) is 0 Å². The second-order valence-electron chi connectivity index (χ2n) is 6.02. The van der Waals surface area contributed by atoms with E-state index < -0.39 is 0 Å². The van der Waals surface area contributed by atoms with Crippen molar-refractivity contribution in [3.8, 4) is 6.07 Å². The zero-order valence-corrected chi connectivity index (χ0v) is 12.0. The molecule has 2 fully saturated rings. The Morgan fingerprint density at radius 1 is 1.29 bits per heavy atom. The number of rotatable bonds is 3. The van der Waals surface area contributed by atoms with Crippen LogP contribution in [0.3, 0.4) is 0 Å². The Bertz CT molecular complexity index is 681. The summed E-state index contributed by atoms with van der Waals surface area (Å²) in [6, 6.07) is 9.43. The minimum absolute atomic E-state index is 0.0493. The highest BCUT2D eigenvalue weighted by molar-refractivity contribution is 5.39. The standard InChI is InChI=1S/C16H19N5/c17-10-15-12-19(8-9-20(15)13-4-5-13)11-14-2-1-3-16-18-6-7-21(14)16/h1-3,6-7,13,15H,4-5,8-9,11-12H2. The van der Waals surface area contributed by atoms with Crippen molar-refractivity contribution < 1.29 is 0 Å². The molecule has 21 heavy (non-hydrogen) atoms. The number of imidazole rings is 1. The number of piperazine rings is 1. The van der Waals surface area contributed by atoms with Gasteiger partial charge in [0.05, 0.1) is 6.07 Å². The maximum atomic E-state index is 9.43. The Morgan fingerprint density at radius 3 is 3.00 bits per heavy atom. The van der Waals surface area contributed by atoms with Gasteiger partial charge in [-0.25, -0.2) is 4.98 Å². The van der Waals surface area contributed by atoms with Gasteiger partial charge < -0.3 is 4.40 Å². The van der Waals surface area contributed by atoms with Crippen LogP contribution in [0.5, 0.6) is 0 Å². The predicted octanol–water partition coefficient (Wildman–Crippen LogP) is 1.51. The van der Waals surface area contributed by atoms with Crippen LogP contribution in [0.1, 0.15) is 18.5 Å². The van der Waals surface area contributed by atoms with Crippen molar-refractivity contribution in [3.63, 3.8) is 0 Å². The van der Waals surface area contributed by atoms with Crippen molar-refractivity contribution in [2.45, 2.75) is 31.5 Å². The molecule has 3 heterocycles. The zero-order chi connectivity index (χ0) is 14.2. The first-order valence-corrected chi connectivity index (χ1v) is 7.64. The Morgan fingerprint density at radius 2 is 2.19 bits per heavy atom. The van der Waals surface area contributed by atoms with Gasteiger partial charge in [0.1, 0.15) is 11.7 Å². The van der Waals surface area contributed by atoms with Gasteiger partial charge in [0.2, 0.25) is 0 Å². The number of hydrogen-bond acceptors (Lipinski definition) is 4. The molecule has 0 spiro atoms. The van der Waals surface area contributed by atoms with Gasteiger partial charge in [-0.05, 0) is 25.0 Å². The van der Waals surface area contributed by atoms with Crippen LogP contribution < -0.4 is 0 Å². The smallest absolute Gasteiger partial charge is 0.136 e. The van der Waals surface area contributed by atoms with E-state index in [2.05, 4.69) is 37.4 Å². The van der Waals surface area contributed by atoms with Gasteiger partial charge in [-0.15, -0.1) is 0 Å². The molecule has 0 aromatic carbocycles. The summed E-state index contributed by atoms with van der Waals surface area (Å²) in [5.41, 5.74) is 2.22. The monoisotopic (exact) mass is 281 g/mol. The molecule has 5 heteroatoms. The number of aromatic nitrogens is 2. The summed E-state index contributed by atoms with van der Waals surface area (Å²) in [6.45, 7) is 3.78. The van der Waals surface area contributed by atoms with Gasteiger partial charge in [0.25, 0.3) is 0 Å². The van der Waals surface area contributed by atoms with Crippen molar-refractivity contribution in [2.75, 3.05) is 19.6 Å². The fraction of sp³-hybridized carbons (Fsp3) is 0.500. The van der Waals surface area contributed by atoms with Gasteiger partial charge in [0.15, 0.2) is 0 Å². The van der Waals surface area contributed by atoms with Crippen molar-refractivity contribution in [2.24, 2.45) is 0 Å². The molecule has 0 amide bonds. The fourth-order valence-corrected chi connectivity index (χ4v) is 3.32. The summed E-state index contributed by atoms with van der Waals surface area (Å²) in [6.07, 6.45) is 6.38. The molecule has 0 radical (unpaired) electrons. The number of pyridine rings is 1. The van der Waals surface area contributed by atoms with Gasteiger partial charge in [-0.2, -0.15) is 5.26 Å². The SMILES string of the molecule is N#CC1CN(Cc2cccc3nccn23)CCN1C1CC1. The molecule has 4 rings (SSSR count). The lowest BCUT2D eigenvalue weighted by atomic mass is 10.1. The molecule has 2 aromatic heterocycles. The fourth-order valence-electron chi connectivity index (χ4n) is 3.32. The Kier molecular flexibility index (Phi) is 3.13. The second-order valence-corrected chi connectivity index (χ2v) is 6.02. The molecule has 2 aliphatic rings. The quantitative estimate of drug-likeness (QED) is 0.855. The second kappa shape index (κ2) is 5.14. The predicted molar refractivity (Wildman–Crippen MR) is 79.6 cm³/mol. The van der Waals surface area contributed by atoms with Crippen molar-refractivity contribution in [3.05, 3.63) is 36.3 Å². The van der Waals surface area contributed by atoms with Crippen LogP contribution in [0.4, 0.5) is 0 Å². The van der Waals surface area contributed by atoms with Crippen molar-refractivity contribution >= 4 is 5.65 Å². The third kappa shape index (κ3) is 2.41. The van der Waals surface area contributed by atoms with Crippen LogP contribution in [-0.4, -0.2) is 50.9 Å². The Hall–Kier alpha value is -1.90. The molecular formula is C16H19N5. The lowest BCUT2D eigenvalue weighted by Crippen LogP contribution is -2.53. The number of fused-ring (bicyclic) bond motifs is 1. The summed E-state index contributed by atoms with van der Waals surface area (Å²) in [4.78, 5) is 9.12. The van der Waals surface area contributed by atoms with E-state index >= 15 is 0 Å². The third-order valence-electron chi connectivity index (χ3n) is 4.57. The molecule has 1 aliphatic heterocycles. The van der Waals surface area contributed by atoms with Gasteiger partial charge in [-0.3, -0.25) is 9.80 Å². The van der Waals surface area contributed by atoms with E-state index in [1.807, 2.05) is 18.5 Å². The van der Waals surface area contributed by atoms with Gasteiger partial charge >= 0.3 is 0 Å². The van der Waals surface area contributed by atoms with Crippen LogP contribution in [0.25, 0.3) is 5.65 Å². The highest BCUT2D eigenvalue weighted by atomic mass is 15.3. The molecular weight excluding hydrogens is 262 g/mol. The van der Waals surface area contributed by atoms with Crippen LogP contribution in [0, 0.1) is 11.3 Å². The largest absolute Gasteiger partial charge is 0.303 e. The van der Waals surface area contributed by atoms with Crippen LogP contribution >= 0.6 is 0 Å². The summed E-state index contributed by atoms with van der Waals surface area (Å²) < 4.78 is 2.13. The molecule has 1 saturated carbocycles. The molecule has 108 valence electrons. The number of hydrogen-bond donors (Lipinski definition) is 0. The molecule has 5 nitrogen and oxygen atoms in total. The Balaban J connectivity index is 1.50. The molecule has 0 N–H and O–H groups in total. The van der Waals surface area contributed by atoms with E-state index in [-0.39, 0.29) is 6.04 Å². The van der Waals surface area contributed by atoms with E-state index in [0.29, 0.717) is 6.04 Å². The normalized spacial score (nSPS) is 24.2. The first kappa shape index (κ1) is 12.8. The topological polar surface area (TPSA) is 47.6 Å². The van der Waals surface area contributed by atoms with E-state index in [1.54, 1.807) is 0 Å². The molecule has 0 bridgehead atoms. The molecule has 1 unspecified atom stereocenters. The van der Waals surface area contributed by atoms with Crippen molar-refractivity contribution in [1.29, 1.82) is 5.26 Å². The third-order valence-corrected chi connectivity index (χ3v) is 4.57. The summed E-state index contributed by atoms with van der Waals surface area (Å²) in [5.74, 6) is 0. The minimum atomic E-state index is 0.0493. The molecule has 1 saturated heterocycles. The van der Waals surface area contributed by atoms with Crippen molar-refractivity contribution in [1.82, 2.24) is 19.2 Å². The lowest BCUT2D eigenvalue weighted by Gasteiger charge is -2.38. The lowest BCUT2D eigenvalue weighted by molar-refractivity contribution is 0.0887. The summed E-state index contributed by atoms with van der Waals surface area (Å²) in [5, 5.41) is 9.43. The zero-order valence-electron chi connectivity index (χ0n) is 12.0. The minimum Gasteiger partial charge on any atom is -0.303 e. The number of nitriles is 1. The molecule has 1 aliphatic carbocycles. The summed E-state index contributed by atoms with van der Waals surface area (Å²) in [7, 11) is 0. The maximum absolute atomic E-state index is 9.43. The maximum Gasteiger partial charge on any atom is 0.136 e. The first-order valence-electron chi connectivity index (χ1n) is 7.64. The summed E-state index contributed by atoms with van der Waals surface area (Å²) >= 11 is 0.